The second-order valence-electron chi connectivity index (χ2n) is 6.25. The van der Waals surface area contributed by atoms with Crippen LogP contribution in [-0.2, 0) is 0 Å². The zero-order valence-electron chi connectivity index (χ0n) is 15.4. The Hall–Kier alpha value is -1.40. The summed E-state index contributed by atoms with van der Waals surface area (Å²) in [5.41, 5.74) is 0. The van der Waals surface area contributed by atoms with Gasteiger partial charge in [-0.05, 0) is 35.8 Å². The van der Waals surface area contributed by atoms with E-state index in [4.69, 9.17) is 0 Å². The Labute approximate surface area is 173 Å². The lowest BCUT2D eigenvalue weighted by atomic mass is 10.4. The molecular weight excluding hydrogens is 412 g/mol. The third-order valence-electron chi connectivity index (χ3n) is 4.22. The van der Waals surface area contributed by atoms with E-state index in [1.807, 2.05) is 0 Å². The summed E-state index contributed by atoms with van der Waals surface area (Å²) in [7, 11) is 1.08. The molecule has 138 valence electrons. The van der Waals surface area contributed by atoms with Crippen LogP contribution in [0.3, 0.4) is 0 Å². The molecule has 0 nitrogen and oxygen atoms in total. The summed E-state index contributed by atoms with van der Waals surface area (Å²) >= 11 is 0. The third kappa shape index (κ3) is 5.35. The predicted octanol–water partition coefficient (Wildman–Crippen LogP) is 6.35. The van der Waals surface area contributed by atoms with Gasteiger partial charge in [-0.2, -0.15) is 0 Å². The van der Waals surface area contributed by atoms with E-state index in [-0.39, 0.29) is 14.6 Å². The van der Waals surface area contributed by atoms with Gasteiger partial charge >= 0.3 is 0 Å². The lowest BCUT2D eigenvalue weighted by molar-refractivity contribution is 1.77. The van der Waals surface area contributed by atoms with Crippen molar-refractivity contribution in [1.29, 1.82) is 0 Å². The predicted molar refractivity (Wildman–Crippen MR) is 135 cm³/mol. The zero-order chi connectivity index (χ0) is 19.0. The largest absolute Gasteiger partial charge is 0.0622 e. The summed E-state index contributed by atoms with van der Waals surface area (Å²) in [4.78, 5) is 0. The Kier molecular flexibility index (Phi) is 7.39. The van der Waals surface area contributed by atoms with Gasteiger partial charge in [-0.25, -0.2) is 0 Å². The molecule has 0 heterocycles. The van der Waals surface area contributed by atoms with E-state index in [1.54, 1.807) is 0 Å². The molecule has 4 aromatic carbocycles. The van der Waals surface area contributed by atoms with E-state index < -0.39 is 0 Å². The van der Waals surface area contributed by atoms with Gasteiger partial charge < -0.3 is 0 Å². The molecule has 0 aliphatic heterocycles. The molecule has 4 atom stereocenters. The van der Waals surface area contributed by atoms with E-state index in [1.165, 1.54) is 21.2 Å². The SMILES string of the molecule is c1ccc(PP(c2ccccc2)P(Pc2ccccc2)c2ccccc2)cc1. The molecule has 0 saturated heterocycles. The van der Waals surface area contributed by atoms with E-state index in [2.05, 4.69) is 121 Å². The van der Waals surface area contributed by atoms with Crippen LogP contribution in [0.15, 0.2) is 121 Å². The van der Waals surface area contributed by atoms with Gasteiger partial charge in [-0.1, -0.05) is 138 Å². The van der Waals surface area contributed by atoms with Gasteiger partial charge in [-0.15, -0.1) is 0 Å². The van der Waals surface area contributed by atoms with Gasteiger partial charge in [0, 0.05) is 0 Å². The van der Waals surface area contributed by atoms with Gasteiger partial charge in [0.05, 0.1) is 0 Å². The van der Waals surface area contributed by atoms with Crippen molar-refractivity contribution in [3.05, 3.63) is 121 Å². The Morgan fingerprint density at radius 2 is 0.643 bits per heavy atom. The summed E-state index contributed by atoms with van der Waals surface area (Å²) in [5.74, 6) is 0. The molecular formula is C24H22P4. The fourth-order valence-electron chi connectivity index (χ4n) is 2.87. The average molecular weight is 434 g/mol. The van der Waals surface area contributed by atoms with Crippen molar-refractivity contribution in [2.75, 3.05) is 0 Å². The van der Waals surface area contributed by atoms with Gasteiger partial charge in [-0.3, -0.25) is 0 Å². The third-order valence-corrected chi connectivity index (χ3v) is 22.0. The molecule has 0 N–H and O–H groups in total. The quantitative estimate of drug-likeness (QED) is 0.297. The van der Waals surface area contributed by atoms with Crippen molar-refractivity contribution in [3.63, 3.8) is 0 Å². The molecule has 28 heavy (non-hydrogen) atoms. The van der Waals surface area contributed by atoms with Crippen LogP contribution in [-0.4, -0.2) is 0 Å². The highest BCUT2D eigenvalue weighted by Gasteiger charge is 2.25. The lowest BCUT2D eigenvalue weighted by Crippen LogP contribution is -2.05. The monoisotopic (exact) mass is 434 g/mol. The Morgan fingerprint density at radius 3 is 0.964 bits per heavy atom. The summed E-state index contributed by atoms with van der Waals surface area (Å²) in [5, 5.41) is 5.99. The first-order valence-electron chi connectivity index (χ1n) is 9.24. The number of benzene rings is 4. The molecule has 4 aromatic rings. The Bertz CT molecular complexity index is 877. The zero-order valence-corrected chi connectivity index (χ0v) is 19.2. The lowest BCUT2D eigenvalue weighted by Gasteiger charge is -2.29. The summed E-state index contributed by atoms with van der Waals surface area (Å²) < 4.78 is 0. The van der Waals surface area contributed by atoms with Crippen LogP contribution in [0.5, 0.6) is 0 Å². The minimum atomic E-state index is -0.291. The van der Waals surface area contributed by atoms with E-state index in [0.717, 1.165) is 16.5 Å². The topological polar surface area (TPSA) is 0 Å². The van der Waals surface area contributed by atoms with E-state index in [9.17, 15) is 0 Å². The highest BCUT2D eigenvalue weighted by Crippen LogP contribution is 2.84. The summed E-state index contributed by atoms with van der Waals surface area (Å²) in [6, 6.07) is 44.5. The fraction of sp³-hybridized carbons (Fsp3) is 0. The molecule has 0 bridgehead atoms. The van der Waals surface area contributed by atoms with Crippen LogP contribution in [0.2, 0.25) is 0 Å². The van der Waals surface area contributed by atoms with Crippen LogP contribution in [0.4, 0.5) is 0 Å². The van der Waals surface area contributed by atoms with Crippen LogP contribution in [0.1, 0.15) is 0 Å². The van der Waals surface area contributed by atoms with Crippen LogP contribution in [0.25, 0.3) is 0 Å². The van der Waals surface area contributed by atoms with Crippen molar-refractivity contribution < 1.29 is 0 Å². The van der Waals surface area contributed by atoms with Crippen molar-refractivity contribution in [2.24, 2.45) is 0 Å². The first-order chi connectivity index (χ1) is 13.9. The molecule has 4 unspecified atom stereocenters. The normalized spacial score (nSPS) is 13.9. The van der Waals surface area contributed by atoms with Crippen LogP contribution < -0.4 is 21.2 Å². The molecule has 0 radical (unpaired) electrons. The highest BCUT2D eigenvalue weighted by atomic mass is 32.6. The van der Waals surface area contributed by atoms with Crippen molar-refractivity contribution in [3.8, 4) is 0 Å². The van der Waals surface area contributed by atoms with Gasteiger partial charge in [0.25, 0.3) is 0 Å². The second kappa shape index (κ2) is 10.4. The molecule has 0 saturated carbocycles. The van der Waals surface area contributed by atoms with Gasteiger partial charge in [0.1, 0.15) is 0 Å². The second-order valence-corrected chi connectivity index (χ2v) is 18.8. The Balaban J connectivity index is 1.76. The van der Waals surface area contributed by atoms with E-state index >= 15 is 0 Å². The van der Waals surface area contributed by atoms with Gasteiger partial charge in [0.15, 0.2) is 0 Å². The molecule has 4 heteroatoms. The number of hydrogen-bond donors (Lipinski definition) is 0. The maximum Gasteiger partial charge on any atom is -0.0146 e. The first kappa shape index (κ1) is 19.9. The first-order valence-corrected chi connectivity index (χ1v) is 16.3. The molecule has 0 aromatic heterocycles. The number of rotatable bonds is 7. The van der Waals surface area contributed by atoms with Crippen LogP contribution >= 0.6 is 31.1 Å². The summed E-state index contributed by atoms with van der Waals surface area (Å²) in [6.07, 6.45) is 0. The standard InChI is InChI=1S/C24H22P4/c1-5-13-21(14-6-1)25-27(23-17-9-3-10-18-23)28(24-19-11-4-12-20-24)26-22-15-7-2-8-16-22/h1-20,25-26H. The van der Waals surface area contributed by atoms with Crippen LogP contribution in [0, 0.1) is 0 Å². The minimum Gasteiger partial charge on any atom is -0.0622 e. The smallest absolute Gasteiger partial charge is 0.0146 e. The minimum absolute atomic E-state index is 0.291. The maximum atomic E-state index is 2.34. The molecule has 0 aliphatic rings. The molecule has 0 amide bonds. The van der Waals surface area contributed by atoms with E-state index in [0.29, 0.717) is 0 Å². The summed E-state index contributed by atoms with van der Waals surface area (Å²) in [6.45, 7) is 0. The maximum absolute atomic E-state index is 2.34. The fourth-order valence-corrected chi connectivity index (χ4v) is 21.3. The van der Waals surface area contributed by atoms with Crippen molar-refractivity contribution >= 4 is 52.4 Å². The molecule has 0 spiro atoms. The average Bonchev–Trinajstić information content (AvgIpc) is 2.79. The number of hydrogen-bond acceptors (Lipinski definition) is 0. The molecule has 0 fully saturated rings. The van der Waals surface area contributed by atoms with Gasteiger partial charge in [0.2, 0.25) is 0 Å². The van der Waals surface area contributed by atoms with Crippen molar-refractivity contribution in [2.45, 2.75) is 0 Å². The molecule has 0 aliphatic carbocycles. The molecule has 4 rings (SSSR count). The van der Waals surface area contributed by atoms with Crippen molar-refractivity contribution in [1.82, 2.24) is 0 Å². The highest BCUT2D eigenvalue weighted by molar-refractivity contribution is 8.77. The Morgan fingerprint density at radius 1 is 0.357 bits per heavy atom.